The molecule has 4 rings (SSSR count). The Kier molecular flexibility index (Phi) is 2.73. The standard InChI is InChI=1S/C15H16N4S/c1-10-5-6-19-14(7-10)17-15(18-19)16-9-12-8-11-3-2-4-13(11)20-12/h5-8H,2-4,9H2,1H3,(H,16,18). The van der Waals surface area contributed by atoms with Crippen LogP contribution in [0.25, 0.3) is 5.65 Å². The lowest BCUT2D eigenvalue weighted by Crippen LogP contribution is -1.99. The van der Waals surface area contributed by atoms with Gasteiger partial charge in [0.15, 0.2) is 5.65 Å². The molecular weight excluding hydrogens is 268 g/mol. The zero-order chi connectivity index (χ0) is 13.5. The summed E-state index contributed by atoms with van der Waals surface area (Å²) in [6.07, 6.45) is 5.77. The van der Waals surface area contributed by atoms with E-state index in [2.05, 4.69) is 28.4 Å². The molecule has 0 atom stereocenters. The average molecular weight is 284 g/mol. The Hall–Kier alpha value is -1.88. The summed E-state index contributed by atoms with van der Waals surface area (Å²) in [5.74, 6) is 0.698. The summed E-state index contributed by atoms with van der Waals surface area (Å²) in [4.78, 5) is 7.45. The lowest BCUT2D eigenvalue weighted by molar-refractivity contribution is 0.912. The van der Waals surface area contributed by atoms with Crippen molar-refractivity contribution >= 4 is 22.9 Å². The van der Waals surface area contributed by atoms with Gasteiger partial charge in [0, 0.05) is 16.0 Å². The quantitative estimate of drug-likeness (QED) is 0.803. The normalized spacial score (nSPS) is 13.8. The molecule has 0 bridgehead atoms. The molecule has 0 radical (unpaired) electrons. The Morgan fingerprint density at radius 3 is 3.20 bits per heavy atom. The van der Waals surface area contributed by atoms with Crippen LogP contribution < -0.4 is 5.32 Å². The van der Waals surface area contributed by atoms with E-state index in [0.29, 0.717) is 5.95 Å². The Bertz CT molecular complexity index is 750. The molecule has 3 aromatic rings. The number of thiophene rings is 1. The lowest BCUT2D eigenvalue weighted by atomic mass is 10.2. The van der Waals surface area contributed by atoms with Crippen LogP contribution in [-0.2, 0) is 19.4 Å². The minimum Gasteiger partial charge on any atom is -0.348 e. The second-order valence-corrected chi connectivity index (χ2v) is 6.53. The minimum absolute atomic E-state index is 0.698. The third-order valence-corrected chi connectivity index (χ3v) is 4.95. The highest BCUT2D eigenvalue weighted by Crippen LogP contribution is 2.30. The molecule has 3 aromatic heterocycles. The van der Waals surface area contributed by atoms with E-state index in [1.807, 2.05) is 34.2 Å². The summed E-state index contributed by atoms with van der Waals surface area (Å²) in [5, 5.41) is 7.76. The van der Waals surface area contributed by atoms with Crippen LogP contribution in [0.15, 0.2) is 24.4 Å². The first kappa shape index (κ1) is 11.9. The van der Waals surface area contributed by atoms with Crippen LogP contribution in [0.5, 0.6) is 0 Å². The van der Waals surface area contributed by atoms with Gasteiger partial charge in [-0.3, -0.25) is 0 Å². The van der Waals surface area contributed by atoms with Crippen molar-refractivity contribution in [1.82, 2.24) is 14.6 Å². The predicted octanol–water partition coefficient (Wildman–Crippen LogP) is 3.20. The van der Waals surface area contributed by atoms with Crippen LogP contribution in [0.3, 0.4) is 0 Å². The zero-order valence-electron chi connectivity index (χ0n) is 11.4. The number of rotatable bonds is 3. The number of anilines is 1. The molecule has 0 fully saturated rings. The van der Waals surface area contributed by atoms with Crippen LogP contribution in [0.1, 0.15) is 27.3 Å². The minimum atomic E-state index is 0.698. The monoisotopic (exact) mass is 284 g/mol. The summed E-state index contributed by atoms with van der Waals surface area (Å²) < 4.78 is 1.81. The molecular formula is C15H16N4S. The number of hydrogen-bond donors (Lipinski definition) is 1. The van der Waals surface area contributed by atoms with Gasteiger partial charge in [-0.2, -0.15) is 4.98 Å². The molecule has 4 nitrogen and oxygen atoms in total. The van der Waals surface area contributed by atoms with E-state index in [0.717, 1.165) is 12.2 Å². The van der Waals surface area contributed by atoms with Gasteiger partial charge in [0.05, 0.1) is 6.54 Å². The van der Waals surface area contributed by atoms with Crippen LogP contribution in [-0.4, -0.2) is 14.6 Å². The molecule has 0 amide bonds. The van der Waals surface area contributed by atoms with Crippen LogP contribution in [0, 0.1) is 6.92 Å². The highest BCUT2D eigenvalue weighted by molar-refractivity contribution is 7.12. The van der Waals surface area contributed by atoms with Gasteiger partial charge in [-0.25, -0.2) is 4.52 Å². The number of hydrogen-bond acceptors (Lipinski definition) is 4. The summed E-state index contributed by atoms with van der Waals surface area (Å²) in [7, 11) is 0. The molecule has 0 saturated carbocycles. The number of aromatic nitrogens is 3. The molecule has 0 aliphatic heterocycles. The molecule has 0 saturated heterocycles. The fraction of sp³-hybridized carbons (Fsp3) is 0.333. The zero-order valence-corrected chi connectivity index (χ0v) is 12.2. The van der Waals surface area contributed by atoms with Gasteiger partial charge in [0.25, 0.3) is 0 Å². The topological polar surface area (TPSA) is 42.2 Å². The second-order valence-electron chi connectivity index (χ2n) is 5.31. The SMILES string of the molecule is Cc1ccn2nc(NCc3cc4c(s3)CCC4)nc2c1. The smallest absolute Gasteiger partial charge is 0.243 e. The van der Waals surface area contributed by atoms with Gasteiger partial charge in [0.1, 0.15) is 0 Å². The van der Waals surface area contributed by atoms with Crippen molar-refractivity contribution in [3.05, 3.63) is 45.3 Å². The van der Waals surface area contributed by atoms with Crippen molar-refractivity contribution in [3.8, 4) is 0 Å². The Morgan fingerprint density at radius 2 is 2.30 bits per heavy atom. The van der Waals surface area contributed by atoms with Gasteiger partial charge >= 0.3 is 0 Å². The average Bonchev–Trinajstić information content (AvgIpc) is 3.08. The highest BCUT2D eigenvalue weighted by Gasteiger charge is 2.14. The highest BCUT2D eigenvalue weighted by atomic mass is 32.1. The van der Waals surface area contributed by atoms with Crippen molar-refractivity contribution < 1.29 is 0 Å². The molecule has 1 N–H and O–H groups in total. The summed E-state index contributed by atoms with van der Waals surface area (Å²) >= 11 is 1.93. The summed E-state index contributed by atoms with van der Waals surface area (Å²) in [5.41, 5.74) is 3.64. The van der Waals surface area contributed by atoms with Gasteiger partial charge in [-0.15, -0.1) is 16.4 Å². The largest absolute Gasteiger partial charge is 0.348 e. The van der Waals surface area contributed by atoms with E-state index in [-0.39, 0.29) is 0 Å². The molecule has 20 heavy (non-hydrogen) atoms. The maximum absolute atomic E-state index is 4.50. The fourth-order valence-electron chi connectivity index (χ4n) is 2.70. The second kappa shape index (κ2) is 4.59. The Labute approximate surface area is 121 Å². The molecule has 5 heteroatoms. The first-order chi connectivity index (χ1) is 9.78. The van der Waals surface area contributed by atoms with Crippen LogP contribution >= 0.6 is 11.3 Å². The van der Waals surface area contributed by atoms with Gasteiger partial charge in [-0.1, -0.05) is 0 Å². The van der Waals surface area contributed by atoms with Gasteiger partial charge < -0.3 is 5.32 Å². The molecule has 102 valence electrons. The first-order valence-electron chi connectivity index (χ1n) is 6.95. The third kappa shape index (κ3) is 2.08. The van der Waals surface area contributed by atoms with Crippen LogP contribution in [0.4, 0.5) is 5.95 Å². The predicted molar refractivity (Wildman–Crippen MR) is 81.4 cm³/mol. The van der Waals surface area contributed by atoms with Crippen LogP contribution in [0.2, 0.25) is 0 Å². The van der Waals surface area contributed by atoms with Crippen molar-refractivity contribution in [1.29, 1.82) is 0 Å². The van der Waals surface area contributed by atoms with Crippen molar-refractivity contribution in [2.24, 2.45) is 0 Å². The lowest BCUT2D eigenvalue weighted by Gasteiger charge is -1.98. The number of nitrogens with zero attached hydrogens (tertiary/aromatic N) is 3. The summed E-state index contributed by atoms with van der Waals surface area (Å²) in [6, 6.07) is 6.41. The van der Waals surface area contributed by atoms with Crippen molar-refractivity contribution in [2.75, 3.05) is 5.32 Å². The van der Waals surface area contributed by atoms with E-state index < -0.39 is 0 Å². The first-order valence-corrected chi connectivity index (χ1v) is 7.77. The summed E-state index contributed by atoms with van der Waals surface area (Å²) in [6.45, 7) is 2.88. The number of nitrogens with one attached hydrogen (secondary N) is 1. The van der Waals surface area contributed by atoms with E-state index in [1.54, 1.807) is 10.4 Å². The Morgan fingerprint density at radius 1 is 1.35 bits per heavy atom. The molecule has 3 heterocycles. The number of aryl methyl sites for hydroxylation is 3. The maximum atomic E-state index is 4.50. The fourth-order valence-corrected chi connectivity index (χ4v) is 3.90. The number of pyridine rings is 1. The van der Waals surface area contributed by atoms with E-state index >= 15 is 0 Å². The van der Waals surface area contributed by atoms with Crippen molar-refractivity contribution in [2.45, 2.75) is 32.7 Å². The Balaban J connectivity index is 1.52. The van der Waals surface area contributed by atoms with E-state index in [1.165, 1.54) is 29.7 Å². The molecule has 0 unspecified atom stereocenters. The van der Waals surface area contributed by atoms with Crippen molar-refractivity contribution in [3.63, 3.8) is 0 Å². The van der Waals surface area contributed by atoms with E-state index in [4.69, 9.17) is 0 Å². The maximum Gasteiger partial charge on any atom is 0.243 e. The molecule has 1 aliphatic rings. The third-order valence-electron chi connectivity index (χ3n) is 3.71. The molecule has 1 aliphatic carbocycles. The number of fused-ring (bicyclic) bond motifs is 2. The van der Waals surface area contributed by atoms with Gasteiger partial charge in [0.2, 0.25) is 5.95 Å². The van der Waals surface area contributed by atoms with E-state index in [9.17, 15) is 0 Å². The van der Waals surface area contributed by atoms with Gasteiger partial charge in [-0.05, 0) is 55.5 Å². The molecule has 0 aromatic carbocycles. The molecule has 0 spiro atoms.